The summed E-state index contributed by atoms with van der Waals surface area (Å²) in [6, 6.07) is 4.32. The van der Waals surface area contributed by atoms with Crippen LogP contribution in [0.25, 0.3) is 0 Å². The molecule has 0 spiro atoms. The number of carbonyl (C=O) groups is 2. The van der Waals surface area contributed by atoms with E-state index in [0.29, 0.717) is 12.5 Å². The predicted octanol–water partition coefficient (Wildman–Crippen LogP) is 3.85. The molecule has 0 unspecified atom stereocenters. The Morgan fingerprint density at radius 3 is 2.62 bits per heavy atom. The van der Waals surface area contributed by atoms with Gasteiger partial charge in [0, 0.05) is 11.0 Å². The number of carboxylic acids is 1. The predicted molar refractivity (Wildman–Crippen MR) is 84.7 cm³/mol. The molecule has 0 aliphatic heterocycles. The average Bonchev–Trinajstić information content (AvgIpc) is 2.46. The van der Waals surface area contributed by atoms with Crippen LogP contribution in [0, 0.1) is 5.92 Å². The molecule has 114 valence electrons. The van der Waals surface area contributed by atoms with E-state index in [9.17, 15) is 9.59 Å². The third-order valence-electron chi connectivity index (χ3n) is 3.74. The summed E-state index contributed by atoms with van der Waals surface area (Å²) >= 11 is 3.27. The van der Waals surface area contributed by atoms with Gasteiger partial charge < -0.3 is 15.7 Å². The summed E-state index contributed by atoms with van der Waals surface area (Å²) in [5, 5.41) is 14.6. The van der Waals surface area contributed by atoms with Gasteiger partial charge in [-0.3, -0.25) is 0 Å². The maximum Gasteiger partial charge on any atom is 0.337 e. The number of benzene rings is 1. The number of hydrogen-bond acceptors (Lipinski definition) is 2. The van der Waals surface area contributed by atoms with Crippen LogP contribution in [0.4, 0.5) is 10.5 Å². The van der Waals surface area contributed by atoms with Crippen molar-refractivity contribution in [3.8, 4) is 0 Å². The van der Waals surface area contributed by atoms with E-state index >= 15 is 0 Å². The Kier molecular flexibility index (Phi) is 5.61. The fraction of sp³-hybridized carbons (Fsp3) is 0.467. The van der Waals surface area contributed by atoms with E-state index in [-0.39, 0.29) is 17.3 Å². The highest BCUT2D eigenvalue weighted by molar-refractivity contribution is 9.10. The third-order valence-corrected chi connectivity index (χ3v) is 4.23. The fourth-order valence-corrected chi connectivity index (χ4v) is 2.96. The molecule has 1 aliphatic carbocycles. The first kappa shape index (κ1) is 15.8. The zero-order valence-corrected chi connectivity index (χ0v) is 13.3. The summed E-state index contributed by atoms with van der Waals surface area (Å²) in [4.78, 5) is 23.0. The highest BCUT2D eigenvalue weighted by atomic mass is 79.9. The van der Waals surface area contributed by atoms with E-state index in [2.05, 4.69) is 26.6 Å². The maximum absolute atomic E-state index is 11.9. The molecule has 1 fully saturated rings. The van der Waals surface area contributed by atoms with Crippen molar-refractivity contribution in [2.75, 3.05) is 11.9 Å². The molecule has 2 amide bonds. The van der Waals surface area contributed by atoms with Gasteiger partial charge in [-0.1, -0.05) is 35.2 Å². The van der Waals surface area contributed by atoms with Crippen molar-refractivity contribution in [3.63, 3.8) is 0 Å². The number of anilines is 1. The quantitative estimate of drug-likeness (QED) is 0.768. The van der Waals surface area contributed by atoms with Crippen molar-refractivity contribution in [1.29, 1.82) is 0 Å². The second kappa shape index (κ2) is 7.45. The van der Waals surface area contributed by atoms with Crippen LogP contribution in [-0.4, -0.2) is 23.7 Å². The number of halogens is 1. The molecule has 0 saturated heterocycles. The topological polar surface area (TPSA) is 78.4 Å². The Labute approximate surface area is 132 Å². The number of carboxylic acid groups (broad SMARTS) is 1. The molecule has 21 heavy (non-hydrogen) atoms. The fourth-order valence-electron chi connectivity index (χ4n) is 2.60. The van der Waals surface area contributed by atoms with Gasteiger partial charge in [0.15, 0.2) is 0 Å². The lowest BCUT2D eigenvalue weighted by Gasteiger charge is -2.21. The molecule has 0 heterocycles. The first-order valence-corrected chi connectivity index (χ1v) is 7.93. The van der Waals surface area contributed by atoms with E-state index < -0.39 is 5.97 Å². The van der Waals surface area contributed by atoms with Crippen LogP contribution in [0.2, 0.25) is 0 Å². The van der Waals surface area contributed by atoms with Crippen molar-refractivity contribution in [2.45, 2.75) is 32.1 Å². The SMILES string of the molecule is O=C(NCC1CCCCC1)Nc1cc(Br)ccc1C(=O)O. The lowest BCUT2D eigenvalue weighted by atomic mass is 9.89. The molecule has 0 aromatic heterocycles. The van der Waals surface area contributed by atoms with Crippen LogP contribution >= 0.6 is 15.9 Å². The second-order valence-electron chi connectivity index (χ2n) is 5.33. The first-order chi connectivity index (χ1) is 10.1. The smallest absolute Gasteiger partial charge is 0.337 e. The summed E-state index contributed by atoms with van der Waals surface area (Å²) in [5.74, 6) is -0.531. The largest absolute Gasteiger partial charge is 0.478 e. The molecule has 2 rings (SSSR count). The zero-order valence-electron chi connectivity index (χ0n) is 11.7. The molecule has 5 nitrogen and oxygen atoms in total. The van der Waals surface area contributed by atoms with Crippen LogP contribution in [0.5, 0.6) is 0 Å². The average molecular weight is 355 g/mol. The van der Waals surface area contributed by atoms with Crippen molar-refractivity contribution in [2.24, 2.45) is 5.92 Å². The minimum Gasteiger partial charge on any atom is -0.478 e. The van der Waals surface area contributed by atoms with Gasteiger partial charge in [0.2, 0.25) is 0 Å². The molecule has 1 aromatic carbocycles. The van der Waals surface area contributed by atoms with Gasteiger partial charge in [-0.15, -0.1) is 0 Å². The molecule has 0 radical (unpaired) electrons. The summed E-state index contributed by atoms with van der Waals surface area (Å²) in [6.45, 7) is 0.641. The number of carbonyl (C=O) groups excluding carboxylic acids is 1. The summed E-state index contributed by atoms with van der Waals surface area (Å²) in [7, 11) is 0. The van der Waals surface area contributed by atoms with Crippen LogP contribution in [0.3, 0.4) is 0 Å². The molecule has 0 atom stereocenters. The Bertz CT molecular complexity index is 528. The molecule has 1 aliphatic rings. The molecular formula is C15H19BrN2O3. The van der Waals surface area contributed by atoms with Crippen LogP contribution in [0.1, 0.15) is 42.5 Å². The Balaban J connectivity index is 1.92. The van der Waals surface area contributed by atoms with E-state index in [4.69, 9.17) is 5.11 Å². The van der Waals surface area contributed by atoms with E-state index in [0.717, 1.165) is 17.3 Å². The van der Waals surface area contributed by atoms with Crippen molar-refractivity contribution in [1.82, 2.24) is 5.32 Å². The van der Waals surface area contributed by atoms with Gasteiger partial charge in [0.05, 0.1) is 11.3 Å². The Hall–Kier alpha value is -1.56. The molecule has 3 N–H and O–H groups in total. The van der Waals surface area contributed by atoms with E-state index in [1.165, 1.54) is 25.3 Å². The molecule has 1 saturated carbocycles. The van der Waals surface area contributed by atoms with Crippen LogP contribution in [-0.2, 0) is 0 Å². The molecule has 0 bridgehead atoms. The van der Waals surface area contributed by atoms with E-state index in [1.807, 2.05) is 0 Å². The third kappa shape index (κ3) is 4.74. The van der Waals surface area contributed by atoms with Crippen molar-refractivity contribution >= 4 is 33.6 Å². The Morgan fingerprint density at radius 1 is 1.24 bits per heavy atom. The highest BCUT2D eigenvalue weighted by Crippen LogP contribution is 2.23. The number of hydrogen-bond donors (Lipinski definition) is 3. The maximum atomic E-state index is 11.9. The van der Waals surface area contributed by atoms with Gasteiger partial charge in [0.1, 0.15) is 0 Å². The van der Waals surface area contributed by atoms with Gasteiger partial charge in [-0.25, -0.2) is 9.59 Å². The Morgan fingerprint density at radius 2 is 1.95 bits per heavy atom. The molecule has 6 heteroatoms. The summed E-state index contributed by atoms with van der Waals surface area (Å²) < 4.78 is 0.718. The highest BCUT2D eigenvalue weighted by Gasteiger charge is 2.16. The second-order valence-corrected chi connectivity index (χ2v) is 6.25. The molecule has 1 aromatic rings. The number of nitrogens with one attached hydrogen (secondary N) is 2. The monoisotopic (exact) mass is 354 g/mol. The van der Waals surface area contributed by atoms with Gasteiger partial charge >= 0.3 is 12.0 Å². The molecular weight excluding hydrogens is 336 g/mol. The van der Waals surface area contributed by atoms with E-state index in [1.54, 1.807) is 12.1 Å². The van der Waals surface area contributed by atoms with Crippen molar-refractivity contribution in [3.05, 3.63) is 28.2 Å². The number of urea groups is 1. The lowest BCUT2D eigenvalue weighted by molar-refractivity contribution is 0.0698. The normalized spacial score (nSPS) is 15.5. The minimum atomic E-state index is -1.06. The van der Waals surface area contributed by atoms with Gasteiger partial charge in [0.25, 0.3) is 0 Å². The number of rotatable bonds is 4. The zero-order chi connectivity index (χ0) is 15.2. The lowest BCUT2D eigenvalue weighted by Crippen LogP contribution is -2.34. The number of amides is 2. The standard InChI is InChI=1S/C15H19BrN2O3/c16-11-6-7-12(14(19)20)13(8-11)18-15(21)17-9-10-4-2-1-3-5-10/h6-8,10H,1-5,9H2,(H,19,20)(H2,17,18,21). The van der Waals surface area contributed by atoms with Crippen LogP contribution < -0.4 is 10.6 Å². The minimum absolute atomic E-state index is 0.0750. The summed E-state index contributed by atoms with van der Waals surface area (Å²) in [5.41, 5.74) is 0.365. The van der Waals surface area contributed by atoms with Crippen LogP contribution in [0.15, 0.2) is 22.7 Å². The van der Waals surface area contributed by atoms with Crippen molar-refractivity contribution < 1.29 is 14.7 Å². The van der Waals surface area contributed by atoms with Gasteiger partial charge in [-0.05, 0) is 37.0 Å². The first-order valence-electron chi connectivity index (χ1n) is 7.14. The number of aromatic carboxylic acids is 1. The van der Waals surface area contributed by atoms with Gasteiger partial charge in [-0.2, -0.15) is 0 Å². The summed E-state index contributed by atoms with van der Waals surface area (Å²) in [6.07, 6.45) is 6.03.